The topological polar surface area (TPSA) is 0 Å². The first-order valence-corrected chi connectivity index (χ1v) is 17.0. The van der Waals surface area contributed by atoms with E-state index in [2.05, 4.69) is 184 Å². The van der Waals surface area contributed by atoms with Gasteiger partial charge in [0.05, 0.1) is 0 Å². The molecule has 1 aliphatic rings. The van der Waals surface area contributed by atoms with Crippen molar-refractivity contribution in [1.82, 2.24) is 0 Å². The van der Waals surface area contributed by atoms with Gasteiger partial charge >= 0.3 is 99.2 Å². The Bertz CT molecular complexity index is 1560. The van der Waals surface area contributed by atoms with Gasteiger partial charge in [0.25, 0.3) is 0 Å². The minimum absolute atomic E-state index is 0. The van der Waals surface area contributed by atoms with E-state index in [-0.39, 0.29) is 35.6 Å². The predicted octanol–water partition coefficient (Wildman–Crippen LogP) is 5.17. The van der Waals surface area contributed by atoms with Gasteiger partial charge in [0.15, 0.2) is 0 Å². The Morgan fingerprint density at radius 1 is 0.609 bits per heavy atom. The van der Waals surface area contributed by atoms with Crippen LogP contribution in [0.5, 0.6) is 0 Å². The standard InChI is InChI=1S/C21H25.C13H10.C9H13.2ClH.Zr/c1-20(2,3)16-7-9-18-14(12-16)11-15-13-17(21(4,5)6)8-10-19(15)18;1-3-7-12(8-4-1)11-13-9-5-2-6-10-13;1-9(2,3)8-6-4-5-7-8;;;/h7-10,12H,11H2,1-6H3;1-10H;4-7H,1-3H3;2*1H;/q-1;;-1;;;+2/p-2. The van der Waals surface area contributed by atoms with Crippen molar-refractivity contribution < 1.29 is 49.0 Å². The number of halogens is 2. The molecule has 0 aromatic heterocycles. The van der Waals surface area contributed by atoms with E-state index >= 15 is 0 Å². The zero-order valence-corrected chi connectivity index (χ0v) is 32.9. The van der Waals surface area contributed by atoms with Gasteiger partial charge < -0.3 is 24.8 Å². The molecule has 5 aromatic rings. The first kappa shape index (κ1) is 39.7. The van der Waals surface area contributed by atoms with Gasteiger partial charge in [-0.05, 0) is 28.4 Å². The molecule has 0 N–H and O–H groups in total. The second-order valence-corrected chi connectivity index (χ2v) is 16.1. The molecular weight excluding hydrogens is 679 g/mol. The van der Waals surface area contributed by atoms with Gasteiger partial charge in [-0.2, -0.15) is 47.5 Å². The van der Waals surface area contributed by atoms with Crippen LogP contribution in [0.2, 0.25) is 0 Å². The van der Waals surface area contributed by atoms with Crippen LogP contribution in [-0.2, 0) is 46.9 Å². The quantitative estimate of drug-likeness (QED) is 0.217. The molecule has 3 heteroatoms. The third-order valence-electron chi connectivity index (χ3n) is 8.12. The Balaban J connectivity index is 0.000000256. The van der Waals surface area contributed by atoms with Gasteiger partial charge in [-0.15, -0.1) is 11.1 Å². The van der Waals surface area contributed by atoms with Gasteiger partial charge in [-0.25, -0.2) is 6.07 Å². The average molecular weight is 727 g/mol. The van der Waals surface area contributed by atoms with E-state index in [9.17, 15) is 0 Å². The number of hydrogen-bond acceptors (Lipinski definition) is 0. The molecule has 1 aliphatic carbocycles. The Labute approximate surface area is 306 Å². The fraction of sp³-hybridized carbons (Fsp3) is 0.302. The molecule has 0 atom stereocenters. The van der Waals surface area contributed by atoms with Crippen LogP contribution in [0.25, 0.3) is 11.1 Å². The van der Waals surface area contributed by atoms with Crippen LogP contribution < -0.4 is 24.8 Å². The van der Waals surface area contributed by atoms with Crippen molar-refractivity contribution in [3.8, 4) is 11.1 Å². The molecule has 0 nitrogen and oxygen atoms in total. The second kappa shape index (κ2) is 16.6. The summed E-state index contributed by atoms with van der Waals surface area (Å²) in [6.45, 7) is 20.3. The minimum atomic E-state index is 0. The summed E-state index contributed by atoms with van der Waals surface area (Å²) in [6.07, 6.45) is 1.03. The van der Waals surface area contributed by atoms with E-state index in [1.54, 1.807) is 0 Å². The van der Waals surface area contributed by atoms with Crippen LogP contribution in [0.1, 0.15) is 101 Å². The molecule has 0 fully saturated rings. The maximum atomic E-state index is 3.67. The van der Waals surface area contributed by atoms with Crippen LogP contribution >= 0.6 is 0 Å². The van der Waals surface area contributed by atoms with Crippen molar-refractivity contribution in [1.29, 1.82) is 0 Å². The fourth-order valence-electron chi connectivity index (χ4n) is 5.28. The normalized spacial score (nSPS) is 11.7. The van der Waals surface area contributed by atoms with Crippen molar-refractivity contribution in [3.05, 3.63) is 160 Å². The molecule has 240 valence electrons. The monoisotopic (exact) mass is 724 g/mol. The summed E-state index contributed by atoms with van der Waals surface area (Å²) in [5.74, 6) is 0. The van der Waals surface area contributed by atoms with E-state index in [1.165, 1.54) is 77.5 Å². The molecule has 46 heavy (non-hydrogen) atoms. The van der Waals surface area contributed by atoms with Gasteiger partial charge in [-0.1, -0.05) is 91.5 Å². The summed E-state index contributed by atoms with van der Waals surface area (Å²) in [6, 6.07) is 44.8. The van der Waals surface area contributed by atoms with E-state index < -0.39 is 0 Å². The van der Waals surface area contributed by atoms with Gasteiger partial charge in [0.2, 0.25) is 0 Å². The Hall–Kier alpha value is -2.44. The van der Waals surface area contributed by atoms with Crippen LogP contribution in [-0.4, -0.2) is 3.21 Å². The van der Waals surface area contributed by atoms with Crippen molar-refractivity contribution in [2.24, 2.45) is 0 Å². The maximum absolute atomic E-state index is 3.67. The Morgan fingerprint density at radius 3 is 1.57 bits per heavy atom. The number of rotatable bonds is 2. The van der Waals surface area contributed by atoms with Gasteiger partial charge in [0, 0.05) is 0 Å². The van der Waals surface area contributed by atoms with Gasteiger partial charge in [-0.3, -0.25) is 0 Å². The van der Waals surface area contributed by atoms with Crippen molar-refractivity contribution in [2.45, 2.75) is 85.0 Å². The van der Waals surface area contributed by atoms with Gasteiger partial charge in [0.1, 0.15) is 0 Å². The molecule has 0 saturated carbocycles. The molecule has 0 amide bonds. The molecular formula is C43H48Cl2Zr-2. The fourth-order valence-corrected chi connectivity index (χ4v) is 6.10. The average Bonchev–Trinajstić information content (AvgIpc) is 3.66. The summed E-state index contributed by atoms with van der Waals surface area (Å²) < 4.78 is 1.42. The number of benzene rings is 4. The summed E-state index contributed by atoms with van der Waals surface area (Å²) >= 11 is 1.46. The molecule has 0 aliphatic heterocycles. The third kappa shape index (κ3) is 10.5. The molecule has 6 rings (SSSR count). The van der Waals surface area contributed by atoms with E-state index in [0.717, 1.165) is 6.42 Å². The number of fused-ring (bicyclic) bond motifs is 3. The summed E-state index contributed by atoms with van der Waals surface area (Å²) in [4.78, 5) is 0. The molecule has 0 unspecified atom stereocenters. The molecule has 0 radical (unpaired) electrons. The second-order valence-electron chi connectivity index (χ2n) is 14.8. The summed E-state index contributed by atoms with van der Waals surface area (Å²) in [5, 5.41) is 0. The van der Waals surface area contributed by atoms with Crippen molar-refractivity contribution in [2.75, 3.05) is 0 Å². The van der Waals surface area contributed by atoms with Crippen LogP contribution in [0.3, 0.4) is 0 Å². The van der Waals surface area contributed by atoms with Crippen LogP contribution in [0.15, 0.2) is 115 Å². The predicted molar refractivity (Wildman–Crippen MR) is 188 cm³/mol. The Morgan fingerprint density at radius 2 is 1.13 bits per heavy atom. The molecule has 0 spiro atoms. The zero-order valence-electron chi connectivity index (χ0n) is 28.9. The number of hydrogen-bond donors (Lipinski definition) is 0. The van der Waals surface area contributed by atoms with E-state index in [0.29, 0.717) is 5.41 Å². The molecule has 5 aromatic carbocycles. The first-order chi connectivity index (χ1) is 20.6. The third-order valence-corrected chi connectivity index (χ3v) is 9.54. The van der Waals surface area contributed by atoms with Crippen LogP contribution in [0.4, 0.5) is 0 Å². The SMILES string of the molecule is CC(C)(C)c1[c-]c2c(cc1)-c1ccc(C(C)(C)C)cc1C2.CC(C)(C)c1cc[cH-]c1.[Cl-].[Cl-].[Zr+2]=[C](c1ccccc1)c1ccccc1. The van der Waals surface area contributed by atoms with E-state index in [1.807, 2.05) is 0 Å². The summed E-state index contributed by atoms with van der Waals surface area (Å²) in [5.41, 5.74) is 13.1. The molecule has 0 heterocycles. The Kier molecular flexibility index (Phi) is 14.3. The van der Waals surface area contributed by atoms with Crippen molar-refractivity contribution in [3.63, 3.8) is 0 Å². The van der Waals surface area contributed by atoms with E-state index in [4.69, 9.17) is 0 Å². The summed E-state index contributed by atoms with van der Waals surface area (Å²) in [7, 11) is 0. The van der Waals surface area contributed by atoms with Crippen molar-refractivity contribution >= 4 is 3.21 Å². The molecule has 0 bridgehead atoms. The first-order valence-electron chi connectivity index (χ1n) is 15.8. The van der Waals surface area contributed by atoms with Crippen LogP contribution in [0, 0.1) is 6.07 Å². The molecule has 0 saturated heterocycles. The zero-order chi connectivity index (χ0) is 32.1.